The van der Waals surface area contributed by atoms with Gasteiger partial charge >= 0.3 is 5.97 Å². The molecule has 0 bridgehead atoms. The molecule has 0 radical (unpaired) electrons. The number of rotatable bonds is 4. The Morgan fingerprint density at radius 3 is 2.65 bits per heavy atom. The standard InChI is InChI=1S/C20H22N2O3S/c1-12-6-7-17(13(2)9-12)26-18-15(5-4-8-21-18)19(23)22-10-14(3)16(11-22)20(24)25/h4-9,14,16H,10-11H2,1-3H3,(H,24,25)/t14-,16-/m1/s1. The minimum atomic E-state index is -0.844. The molecule has 1 amide bonds. The molecular formula is C20H22N2O3S. The number of carbonyl (C=O) groups excluding carboxylic acids is 1. The summed E-state index contributed by atoms with van der Waals surface area (Å²) in [5, 5.41) is 9.95. The second kappa shape index (κ2) is 7.50. The van der Waals surface area contributed by atoms with Crippen LogP contribution in [0, 0.1) is 25.7 Å². The molecule has 1 N–H and O–H groups in total. The number of benzene rings is 1. The van der Waals surface area contributed by atoms with Gasteiger partial charge in [-0.3, -0.25) is 9.59 Å². The van der Waals surface area contributed by atoms with E-state index in [0.717, 1.165) is 10.5 Å². The van der Waals surface area contributed by atoms with E-state index in [1.165, 1.54) is 17.3 Å². The minimum absolute atomic E-state index is 0.0523. The summed E-state index contributed by atoms with van der Waals surface area (Å²) in [6.45, 7) is 6.67. The second-order valence-electron chi connectivity index (χ2n) is 6.86. The number of aliphatic carboxylic acids is 1. The maximum absolute atomic E-state index is 13.0. The molecule has 1 aliphatic heterocycles. The predicted molar refractivity (Wildman–Crippen MR) is 100 cm³/mol. The molecule has 0 saturated carbocycles. The SMILES string of the molecule is Cc1ccc(Sc2ncccc2C(=O)N2C[C@@H](C)[C@H](C(=O)O)C2)c(C)c1. The van der Waals surface area contributed by atoms with Crippen LogP contribution < -0.4 is 0 Å². The van der Waals surface area contributed by atoms with Crippen LogP contribution in [-0.4, -0.2) is 40.0 Å². The Morgan fingerprint density at radius 1 is 1.23 bits per heavy atom. The largest absolute Gasteiger partial charge is 0.481 e. The average molecular weight is 370 g/mol. The number of hydrogen-bond acceptors (Lipinski definition) is 4. The maximum Gasteiger partial charge on any atom is 0.308 e. The molecule has 1 aromatic carbocycles. The molecule has 2 atom stereocenters. The summed E-state index contributed by atoms with van der Waals surface area (Å²) >= 11 is 1.47. The molecular weight excluding hydrogens is 348 g/mol. The zero-order valence-corrected chi connectivity index (χ0v) is 15.9. The van der Waals surface area contributed by atoms with Gasteiger partial charge in [0.25, 0.3) is 5.91 Å². The van der Waals surface area contributed by atoms with E-state index in [2.05, 4.69) is 11.1 Å². The van der Waals surface area contributed by atoms with Crippen molar-refractivity contribution in [1.29, 1.82) is 0 Å². The smallest absolute Gasteiger partial charge is 0.308 e. The molecule has 3 rings (SSSR count). The van der Waals surface area contributed by atoms with Gasteiger partial charge in [-0.15, -0.1) is 0 Å². The van der Waals surface area contributed by atoms with Gasteiger partial charge in [0.05, 0.1) is 11.5 Å². The topological polar surface area (TPSA) is 70.5 Å². The van der Waals surface area contributed by atoms with Gasteiger partial charge in [0, 0.05) is 24.2 Å². The van der Waals surface area contributed by atoms with Crippen molar-refractivity contribution in [2.75, 3.05) is 13.1 Å². The summed E-state index contributed by atoms with van der Waals surface area (Å²) < 4.78 is 0. The number of hydrogen-bond donors (Lipinski definition) is 1. The average Bonchev–Trinajstić information content (AvgIpc) is 2.99. The van der Waals surface area contributed by atoms with E-state index >= 15 is 0 Å². The molecule has 1 aliphatic rings. The van der Waals surface area contributed by atoms with Gasteiger partial charge in [-0.25, -0.2) is 4.98 Å². The van der Waals surface area contributed by atoms with Gasteiger partial charge in [-0.05, 0) is 43.5 Å². The predicted octanol–water partition coefficient (Wildman–Crippen LogP) is 3.64. The Morgan fingerprint density at radius 2 is 2.00 bits per heavy atom. The molecule has 0 unspecified atom stereocenters. The third-order valence-electron chi connectivity index (χ3n) is 4.76. The lowest BCUT2D eigenvalue weighted by atomic mass is 9.99. The van der Waals surface area contributed by atoms with Crippen molar-refractivity contribution in [3.63, 3.8) is 0 Å². The fourth-order valence-corrected chi connectivity index (χ4v) is 4.22. The Kier molecular flexibility index (Phi) is 5.32. The Bertz CT molecular complexity index is 853. The van der Waals surface area contributed by atoms with Gasteiger partial charge in [0.2, 0.25) is 0 Å². The number of aryl methyl sites for hydroxylation is 2. The van der Waals surface area contributed by atoms with Crippen molar-refractivity contribution in [2.45, 2.75) is 30.7 Å². The number of carboxylic acid groups (broad SMARTS) is 1. The normalized spacial score (nSPS) is 19.6. The third-order valence-corrected chi connectivity index (χ3v) is 5.95. The molecule has 1 saturated heterocycles. The molecule has 0 aliphatic carbocycles. The lowest BCUT2D eigenvalue weighted by Gasteiger charge is -2.18. The van der Waals surface area contributed by atoms with Crippen LogP contribution in [0.15, 0.2) is 46.5 Å². The minimum Gasteiger partial charge on any atom is -0.481 e. The van der Waals surface area contributed by atoms with Crippen molar-refractivity contribution in [2.24, 2.45) is 11.8 Å². The molecule has 1 aromatic heterocycles. The van der Waals surface area contributed by atoms with Crippen molar-refractivity contribution < 1.29 is 14.7 Å². The van der Waals surface area contributed by atoms with Crippen molar-refractivity contribution in [3.8, 4) is 0 Å². The number of amides is 1. The van der Waals surface area contributed by atoms with Crippen molar-refractivity contribution in [3.05, 3.63) is 53.2 Å². The van der Waals surface area contributed by atoms with E-state index in [0.29, 0.717) is 17.1 Å². The maximum atomic E-state index is 13.0. The summed E-state index contributed by atoms with van der Waals surface area (Å²) in [7, 11) is 0. The number of nitrogens with zero attached hydrogens (tertiary/aromatic N) is 2. The monoisotopic (exact) mass is 370 g/mol. The summed E-state index contributed by atoms with van der Waals surface area (Å²) in [4.78, 5) is 31.4. The summed E-state index contributed by atoms with van der Waals surface area (Å²) in [6, 6.07) is 9.69. The van der Waals surface area contributed by atoms with E-state index in [4.69, 9.17) is 0 Å². The Hall–Kier alpha value is -2.34. The van der Waals surface area contributed by atoms with Crippen LogP contribution in [0.2, 0.25) is 0 Å². The van der Waals surface area contributed by atoms with Crippen LogP contribution in [0.1, 0.15) is 28.4 Å². The van der Waals surface area contributed by atoms with Crippen molar-refractivity contribution in [1.82, 2.24) is 9.88 Å². The van der Waals surface area contributed by atoms with Gasteiger partial charge in [0.1, 0.15) is 5.03 Å². The van der Waals surface area contributed by atoms with Crippen LogP contribution >= 0.6 is 11.8 Å². The van der Waals surface area contributed by atoms with E-state index in [1.54, 1.807) is 23.2 Å². The summed E-state index contributed by atoms with van der Waals surface area (Å²) in [5.41, 5.74) is 2.85. The van der Waals surface area contributed by atoms with Crippen LogP contribution in [0.3, 0.4) is 0 Å². The fraction of sp³-hybridized carbons (Fsp3) is 0.350. The Labute approximate surface area is 157 Å². The highest BCUT2D eigenvalue weighted by Crippen LogP contribution is 2.33. The van der Waals surface area contributed by atoms with Crippen LogP contribution in [0.4, 0.5) is 0 Å². The number of carboxylic acids is 1. The van der Waals surface area contributed by atoms with Crippen LogP contribution in [0.5, 0.6) is 0 Å². The number of pyridine rings is 1. The first-order valence-corrected chi connectivity index (χ1v) is 9.40. The van der Waals surface area contributed by atoms with Gasteiger partial charge in [-0.1, -0.05) is 36.4 Å². The second-order valence-corrected chi connectivity index (χ2v) is 7.89. The molecule has 2 heterocycles. The van der Waals surface area contributed by atoms with Gasteiger partial charge in [0.15, 0.2) is 0 Å². The van der Waals surface area contributed by atoms with Gasteiger partial charge in [-0.2, -0.15) is 0 Å². The molecule has 2 aromatic rings. The van der Waals surface area contributed by atoms with Crippen molar-refractivity contribution >= 4 is 23.6 Å². The molecule has 1 fully saturated rings. The molecule has 6 heteroatoms. The van der Waals surface area contributed by atoms with E-state index < -0.39 is 11.9 Å². The summed E-state index contributed by atoms with van der Waals surface area (Å²) in [5.74, 6) is -1.56. The van der Waals surface area contributed by atoms with E-state index in [-0.39, 0.29) is 18.4 Å². The first kappa shape index (κ1) is 18.5. The van der Waals surface area contributed by atoms with E-state index in [9.17, 15) is 14.7 Å². The zero-order valence-electron chi connectivity index (χ0n) is 15.1. The highest BCUT2D eigenvalue weighted by atomic mass is 32.2. The van der Waals surface area contributed by atoms with E-state index in [1.807, 2.05) is 32.9 Å². The Balaban J connectivity index is 1.85. The first-order chi connectivity index (χ1) is 12.4. The number of carbonyl (C=O) groups is 2. The lowest BCUT2D eigenvalue weighted by Crippen LogP contribution is -2.30. The van der Waals surface area contributed by atoms with Gasteiger partial charge < -0.3 is 10.0 Å². The molecule has 26 heavy (non-hydrogen) atoms. The van der Waals surface area contributed by atoms with Crippen LogP contribution in [0.25, 0.3) is 0 Å². The first-order valence-electron chi connectivity index (χ1n) is 8.59. The van der Waals surface area contributed by atoms with Crippen LogP contribution in [-0.2, 0) is 4.79 Å². The highest BCUT2D eigenvalue weighted by molar-refractivity contribution is 7.99. The number of aromatic nitrogens is 1. The fourth-order valence-electron chi connectivity index (χ4n) is 3.28. The molecule has 136 valence electrons. The molecule has 5 nitrogen and oxygen atoms in total. The zero-order chi connectivity index (χ0) is 18.8. The molecule has 0 spiro atoms. The quantitative estimate of drug-likeness (QED) is 0.890. The summed E-state index contributed by atoms with van der Waals surface area (Å²) in [6.07, 6.45) is 1.68. The highest BCUT2D eigenvalue weighted by Gasteiger charge is 2.37. The third kappa shape index (κ3) is 3.75. The number of likely N-dealkylation sites (tertiary alicyclic amines) is 1. The lowest BCUT2D eigenvalue weighted by molar-refractivity contribution is -0.142.